The van der Waals surface area contributed by atoms with Gasteiger partial charge in [0, 0.05) is 5.33 Å². The van der Waals surface area contributed by atoms with Crippen LogP contribution in [0, 0.1) is 5.92 Å². The molecule has 106 valence electrons. The molecule has 0 heterocycles. The summed E-state index contributed by atoms with van der Waals surface area (Å²) in [6.45, 7) is 4.50. The highest BCUT2D eigenvalue weighted by atomic mass is 79.9. The van der Waals surface area contributed by atoms with Crippen molar-refractivity contribution in [2.24, 2.45) is 5.92 Å². The molecule has 0 bridgehead atoms. The molecule has 1 aliphatic rings. The number of hydrogen-bond donors (Lipinski definition) is 0. The quantitative estimate of drug-likeness (QED) is 0.669. The lowest BCUT2D eigenvalue weighted by molar-refractivity contribution is -0.0929. The molecule has 1 aromatic carbocycles. The predicted molar refractivity (Wildman–Crippen MR) is 84.7 cm³/mol. The molecule has 0 radical (unpaired) electrons. The molecule has 0 N–H and O–H groups in total. The van der Waals surface area contributed by atoms with E-state index in [-0.39, 0.29) is 5.60 Å². The van der Waals surface area contributed by atoms with Gasteiger partial charge < -0.3 is 4.74 Å². The highest BCUT2D eigenvalue weighted by molar-refractivity contribution is 9.09. The fraction of sp³-hybridized carbons (Fsp3) is 0.647. The van der Waals surface area contributed by atoms with Crippen molar-refractivity contribution in [3.63, 3.8) is 0 Å². The third kappa shape index (κ3) is 3.82. The van der Waals surface area contributed by atoms with Crippen molar-refractivity contribution < 1.29 is 4.74 Å². The zero-order chi connectivity index (χ0) is 13.7. The van der Waals surface area contributed by atoms with E-state index in [9.17, 15) is 0 Å². The Hall–Kier alpha value is -0.340. The van der Waals surface area contributed by atoms with Crippen molar-refractivity contribution in [1.82, 2.24) is 0 Å². The van der Waals surface area contributed by atoms with Gasteiger partial charge in [0.1, 0.15) is 5.60 Å². The first-order valence-corrected chi connectivity index (χ1v) is 8.59. The fourth-order valence-corrected chi connectivity index (χ4v) is 3.51. The van der Waals surface area contributed by atoms with Crippen LogP contribution in [0.2, 0.25) is 0 Å². The Morgan fingerprint density at radius 1 is 1.26 bits per heavy atom. The molecule has 1 aromatic rings. The molecular weight excluding hydrogens is 300 g/mol. The minimum absolute atomic E-state index is 0.207. The second-order valence-corrected chi connectivity index (χ2v) is 6.47. The first-order chi connectivity index (χ1) is 9.18. The van der Waals surface area contributed by atoms with Gasteiger partial charge >= 0.3 is 0 Å². The van der Waals surface area contributed by atoms with E-state index in [0.717, 1.165) is 11.2 Å². The third-order valence-electron chi connectivity index (χ3n) is 4.38. The Morgan fingerprint density at radius 2 is 2.00 bits per heavy atom. The fourth-order valence-electron chi connectivity index (χ4n) is 3.05. The van der Waals surface area contributed by atoms with E-state index >= 15 is 0 Å². The molecule has 0 aromatic heterocycles. The summed E-state index contributed by atoms with van der Waals surface area (Å²) in [5.41, 5.74) is 1.06. The number of alkyl halides is 1. The zero-order valence-electron chi connectivity index (χ0n) is 12.1. The average molecular weight is 325 g/mol. The number of benzene rings is 1. The van der Waals surface area contributed by atoms with Crippen LogP contribution in [0.1, 0.15) is 51.5 Å². The molecule has 1 fully saturated rings. The van der Waals surface area contributed by atoms with Crippen LogP contribution in [0.4, 0.5) is 0 Å². The highest BCUT2D eigenvalue weighted by Crippen LogP contribution is 2.35. The maximum Gasteiger partial charge on any atom is 0.100 e. The van der Waals surface area contributed by atoms with Crippen LogP contribution in [0.25, 0.3) is 0 Å². The van der Waals surface area contributed by atoms with E-state index in [0.29, 0.717) is 6.10 Å². The van der Waals surface area contributed by atoms with Gasteiger partial charge in [-0.15, -0.1) is 0 Å². The first-order valence-electron chi connectivity index (χ1n) is 7.47. The Morgan fingerprint density at radius 3 is 2.63 bits per heavy atom. The topological polar surface area (TPSA) is 9.23 Å². The lowest BCUT2D eigenvalue weighted by atomic mass is 9.85. The van der Waals surface area contributed by atoms with Gasteiger partial charge in [-0.2, -0.15) is 0 Å². The molecule has 2 rings (SSSR count). The van der Waals surface area contributed by atoms with Crippen LogP contribution < -0.4 is 0 Å². The molecule has 1 aliphatic carbocycles. The molecule has 1 nitrogen and oxygen atoms in total. The van der Waals surface area contributed by atoms with Gasteiger partial charge in [0.05, 0.1) is 6.10 Å². The highest BCUT2D eigenvalue weighted by Gasteiger charge is 2.32. The SMILES string of the molecule is CCC1CCCC(OC(C)(CBr)c2ccccc2)C1. The van der Waals surface area contributed by atoms with E-state index in [1.54, 1.807) is 0 Å². The number of rotatable bonds is 5. The molecule has 0 saturated heterocycles. The summed E-state index contributed by atoms with van der Waals surface area (Å²) >= 11 is 3.64. The molecule has 3 unspecified atom stereocenters. The van der Waals surface area contributed by atoms with Crippen molar-refractivity contribution in [2.45, 2.75) is 57.7 Å². The molecule has 1 saturated carbocycles. The van der Waals surface area contributed by atoms with Gasteiger partial charge in [0.2, 0.25) is 0 Å². The third-order valence-corrected chi connectivity index (χ3v) is 5.45. The molecule has 0 amide bonds. The summed E-state index contributed by atoms with van der Waals surface area (Å²) in [6, 6.07) is 10.6. The predicted octanol–water partition coefficient (Wildman–Crippen LogP) is 5.28. The summed E-state index contributed by atoms with van der Waals surface area (Å²) < 4.78 is 6.50. The van der Waals surface area contributed by atoms with E-state index in [1.807, 2.05) is 0 Å². The molecule has 0 aliphatic heterocycles. The Bertz CT molecular complexity index is 378. The Balaban J connectivity index is 2.06. The first kappa shape index (κ1) is 15.1. The van der Waals surface area contributed by atoms with Gasteiger partial charge in [-0.3, -0.25) is 0 Å². The van der Waals surface area contributed by atoms with Gasteiger partial charge in [-0.25, -0.2) is 0 Å². The van der Waals surface area contributed by atoms with Gasteiger partial charge in [-0.1, -0.05) is 72.4 Å². The van der Waals surface area contributed by atoms with Gasteiger partial charge in [0.15, 0.2) is 0 Å². The summed E-state index contributed by atoms with van der Waals surface area (Å²) in [6.07, 6.45) is 6.85. The van der Waals surface area contributed by atoms with E-state index in [4.69, 9.17) is 4.74 Å². The molecule has 19 heavy (non-hydrogen) atoms. The van der Waals surface area contributed by atoms with Crippen LogP contribution in [0.3, 0.4) is 0 Å². The van der Waals surface area contributed by atoms with Crippen molar-refractivity contribution >= 4 is 15.9 Å². The molecule has 3 atom stereocenters. The monoisotopic (exact) mass is 324 g/mol. The minimum atomic E-state index is -0.207. The van der Waals surface area contributed by atoms with Crippen LogP contribution in [0.5, 0.6) is 0 Å². The normalized spacial score (nSPS) is 26.9. The van der Waals surface area contributed by atoms with E-state index < -0.39 is 0 Å². The van der Waals surface area contributed by atoms with Crippen LogP contribution in [0.15, 0.2) is 30.3 Å². The van der Waals surface area contributed by atoms with Crippen molar-refractivity contribution in [3.8, 4) is 0 Å². The lowest BCUT2D eigenvalue weighted by Crippen LogP contribution is -2.35. The number of hydrogen-bond acceptors (Lipinski definition) is 1. The van der Waals surface area contributed by atoms with E-state index in [1.165, 1.54) is 37.7 Å². The number of halogens is 1. The summed E-state index contributed by atoms with van der Waals surface area (Å²) in [7, 11) is 0. The maximum atomic E-state index is 6.50. The molecule has 2 heteroatoms. The molecular formula is C17H25BrO. The second kappa shape index (κ2) is 6.90. The van der Waals surface area contributed by atoms with Gasteiger partial charge in [0.25, 0.3) is 0 Å². The van der Waals surface area contributed by atoms with Gasteiger partial charge in [-0.05, 0) is 31.2 Å². The summed E-state index contributed by atoms with van der Waals surface area (Å²) in [5.74, 6) is 0.856. The standard InChI is InChI=1S/C17H25BrO/c1-3-14-8-7-11-16(12-14)19-17(2,13-18)15-9-5-4-6-10-15/h4-6,9-10,14,16H,3,7-8,11-13H2,1-2H3. The molecule has 0 spiro atoms. The second-order valence-electron chi connectivity index (χ2n) is 5.91. The lowest BCUT2D eigenvalue weighted by Gasteiger charge is -2.37. The van der Waals surface area contributed by atoms with Crippen molar-refractivity contribution in [3.05, 3.63) is 35.9 Å². The Labute approximate surface area is 125 Å². The van der Waals surface area contributed by atoms with Crippen molar-refractivity contribution in [1.29, 1.82) is 0 Å². The van der Waals surface area contributed by atoms with E-state index in [2.05, 4.69) is 60.1 Å². The number of ether oxygens (including phenoxy) is 1. The largest absolute Gasteiger partial charge is 0.366 e. The van der Waals surface area contributed by atoms with Crippen LogP contribution in [-0.2, 0) is 10.3 Å². The Kier molecular flexibility index (Phi) is 5.47. The van der Waals surface area contributed by atoms with Crippen molar-refractivity contribution in [2.75, 3.05) is 5.33 Å². The maximum absolute atomic E-state index is 6.50. The summed E-state index contributed by atoms with van der Waals surface area (Å²) in [5, 5.41) is 0.845. The zero-order valence-corrected chi connectivity index (χ0v) is 13.7. The summed E-state index contributed by atoms with van der Waals surface area (Å²) in [4.78, 5) is 0. The van der Waals surface area contributed by atoms with Crippen LogP contribution >= 0.6 is 15.9 Å². The minimum Gasteiger partial charge on any atom is -0.366 e. The average Bonchev–Trinajstić information content (AvgIpc) is 2.48. The van der Waals surface area contributed by atoms with Crippen LogP contribution in [-0.4, -0.2) is 11.4 Å². The smallest absolute Gasteiger partial charge is 0.100 e.